The Hall–Kier alpha value is -0.730. The number of rotatable bonds is 0. The maximum Gasteiger partial charge on any atom is 0.282 e. The molecule has 1 atom stereocenters. The minimum absolute atomic E-state index is 0.0723. The van der Waals surface area contributed by atoms with Crippen molar-refractivity contribution in [1.29, 1.82) is 0 Å². The van der Waals surface area contributed by atoms with E-state index in [9.17, 15) is 0 Å². The van der Waals surface area contributed by atoms with Crippen LogP contribution in [0.15, 0.2) is 4.99 Å². The third kappa shape index (κ3) is 0.853. The van der Waals surface area contributed by atoms with Crippen molar-refractivity contribution >= 4 is 6.02 Å². The summed E-state index contributed by atoms with van der Waals surface area (Å²) in [6.45, 7) is 5.24. The lowest BCUT2D eigenvalue weighted by Gasteiger charge is -2.36. The highest BCUT2D eigenvalue weighted by Crippen LogP contribution is 2.49. The SMILES string of the molecule is CC1(C)CCCC12CN=C(N)O2. The topological polar surface area (TPSA) is 47.6 Å². The number of aliphatic imine (C=N–C) groups is 1. The molecule has 2 rings (SSSR count). The fraction of sp³-hybridized carbons (Fsp3) is 0.889. The van der Waals surface area contributed by atoms with E-state index in [1.165, 1.54) is 12.8 Å². The molecule has 1 unspecified atom stereocenters. The average Bonchev–Trinajstić information content (AvgIpc) is 2.43. The molecule has 1 heterocycles. The molecule has 1 fully saturated rings. The Kier molecular flexibility index (Phi) is 1.41. The van der Waals surface area contributed by atoms with E-state index in [1.807, 2.05) is 0 Å². The standard InChI is InChI=1S/C9H16N2O/c1-8(2)4-3-5-9(8)6-11-7(10)12-9/h3-6H2,1-2H3,(H2,10,11). The predicted octanol–water partition coefficient (Wildman–Crippen LogP) is 1.28. The molecular weight excluding hydrogens is 152 g/mol. The molecule has 1 aliphatic carbocycles. The first kappa shape index (κ1) is 7.90. The molecule has 0 amide bonds. The third-order valence-electron chi connectivity index (χ3n) is 3.41. The van der Waals surface area contributed by atoms with Gasteiger partial charge in [0.05, 0.1) is 6.54 Å². The minimum Gasteiger partial charge on any atom is -0.456 e. The van der Waals surface area contributed by atoms with Crippen molar-refractivity contribution < 1.29 is 4.74 Å². The largest absolute Gasteiger partial charge is 0.456 e. The van der Waals surface area contributed by atoms with Crippen LogP contribution in [0.4, 0.5) is 0 Å². The Labute approximate surface area is 73.0 Å². The van der Waals surface area contributed by atoms with E-state index in [0.717, 1.165) is 13.0 Å². The summed E-state index contributed by atoms with van der Waals surface area (Å²) in [6.07, 6.45) is 3.55. The quantitative estimate of drug-likeness (QED) is 0.592. The highest BCUT2D eigenvalue weighted by Gasteiger charge is 2.53. The van der Waals surface area contributed by atoms with Crippen LogP contribution in [0.3, 0.4) is 0 Å². The van der Waals surface area contributed by atoms with Gasteiger partial charge in [0.15, 0.2) is 0 Å². The van der Waals surface area contributed by atoms with Gasteiger partial charge in [0.2, 0.25) is 0 Å². The van der Waals surface area contributed by atoms with E-state index < -0.39 is 0 Å². The number of amidine groups is 1. The zero-order valence-electron chi connectivity index (χ0n) is 7.76. The van der Waals surface area contributed by atoms with Gasteiger partial charge in [-0.25, -0.2) is 4.99 Å². The van der Waals surface area contributed by atoms with Crippen LogP contribution in [-0.4, -0.2) is 18.2 Å². The lowest BCUT2D eigenvalue weighted by Crippen LogP contribution is -2.44. The number of hydrogen-bond donors (Lipinski definition) is 1. The molecule has 3 heteroatoms. The van der Waals surface area contributed by atoms with Crippen LogP contribution >= 0.6 is 0 Å². The molecule has 0 radical (unpaired) electrons. The molecule has 0 aromatic carbocycles. The smallest absolute Gasteiger partial charge is 0.282 e. The second-order valence-corrected chi connectivity index (χ2v) is 4.49. The molecule has 2 N–H and O–H groups in total. The van der Waals surface area contributed by atoms with Gasteiger partial charge in [-0.3, -0.25) is 0 Å². The number of ether oxygens (including phenoxy) is 1. The fourth-order valence-corrected chi connectivity index (χ4v) is 2.33. The molecule has 3 nitrogen and oxygen atoms in total. The Morgan fingerprint density at radius 3 is 2.58 bits per heavy atom. The monoisotopic (exact) mass is 168 g/mol. The van der Waals surface area contributed by atoms with Crippen molar-refractivity contribution in [1.82, 2.24) is 0 Å². The molecule has 2 aliphatic rings. The third-order valence-corrected chi connectivity index (χ3v) is 3.41. The molecule has 68 valence electrons. The average molecular weight is 168 g/mol. The predicted molar refractivity (Wildman–Crippen MR) is 47.9 cm³/mol. The van der Waals surface area contributed by atoms with E-state index in [-0.39, 0.29) is 11.0 Å². The lowest BCUT2D eigenvalue weighted by molar-refractivity contribution is -0.00379. The molecule has 0 aromatic heterocycles. The minimum atomic E-state index is -0.0723. The summed E-state index contributed by atoms with van der Waals surface area (Å²) < 4.78 is 5.65. The molecule has 12 heavy (non-hydrogen) atoms. The van der Waals surface area contributed by atoms with Gasteiger partial charge >= 0.3 is 0 Å². The Balaban J connectivity index is 2.23. The number of nitrogens with two attached hydrogens (primary N) is 1. The molecule has 0 aromatic rings. The molecule has 0 bridgehead atoms. The first-order valence-electron chi connectivity index (χ1n) is 4.55. The second kappa shape index (κ2) is 2.15. The summed E-state index contributed by atoms with van der Waals surface area (Å²) in [5.41, 5.74) is 5.70. The summed E-state index contributed by atoms with van der Waals surface area (Å²) >= 11 is 0. The van der Waals surface area contributed by atoms with Crippen LogP contribution in [0.2, 0.25) is 0 Å². The van der Waals surface area contributed by atoms with E-state index in [2.05, 4.69) is 18.8 Å². The highest BCUT2D eigenvalue weighted by atomic mass is 16.5. The first-order chi connectivity index (χ1) is 5.56. The number of nitrogens with zero attached hydrogens (tertiary/aromatic N) is 1. The van der Waals surface area contributed by atoms with Crippen LogP contribution < -0.4 is 5.73 Å². The zero-order valence-corrected chi connectivity index (χ0v) is 7.76. The van der Waals surface area contributed by atoms with E-state index in [0.29, 0.717) is 6.02 Å². The van der Waals surface area contributed by atoms with Crippen LogP contribution in [0.5, 0.6) is 0 Å². The highest BCUT2D eigenvalue weighted by molar-refractivity contribution is 5.73. The van der Waals surface area contributed by atoms with Gasteiger partial charge in [-0.15, -0.1) is 0 Å². The normalized spacial score (nSPS) is 38.3. The van der Waals surface area contributed by atoms with Crippen molar-refractivity contribution in [3.8, 4) is 0 Å². The molecule has 1 aliphatic heterocycles. The molecule has 0 saturated heterocycles. The van der Waals surface area contributed by atoms with Crippen LogP contribution in [0.25, 0.3) is 0 Å². The fourth-order valence-electron chi connectivity index (χ4n) is 2.33. The maximum atomic E-state index is 5.65. The summed E-state index contributed by atoms with van der Waals surface area (Å²) in [5.74, 6) is 0. The first-order valence-corrected chi connectivity index (χ1v) is 4.55. The number of hydrogen-bond acceptors (Lipinski definition) is 3. The second-order valence-electron chi connectivity index (χ2n) is 4.49. The van der Waals surface area contributed by atoms with Gasteiger partial charge in [-0.2, -0.15) is 0 Å². The van der Waals surface area contributed by atoms with Crippen LogP contribution in [-0.2, 0) is 4.74 Å². The van der Waals surface area contributed by atoms with Gasteiger partial charge in [0.25, 0.3) is 6.02 Å². The summed E-state index contributed by atoms with van der Waals surface area (Å²) in [4.78, 5) is 4.14. The van der Waals surface area contributed by atoms with Gasteiger partial charge in [0, 0.05) is 5.41 Å². The van der Waals surface area contributed by atoms with E-state index in [1.54, 1.807) is 0 Å². The van der Waals surface area contributed by atoms with Crippen LogP contribution in [0, 0.1) is 5.41 Å². The van der Waals surface area contributed by atoms with Crippen molar-refractivity contribution in [3.63, 3.8) is 0 Å². The zero-order chi connectivity index (χ0) is 8.82. The Bertz CT molecular complexity index is 235. The van der Waals surface area contributed by atoms with Gasteiger partial charge in [0.1, 0.15) is 5.60 Å². The molecule has 1 spiro atoms. The Morgan fingerprint density at radius 1 is 1.42 bits per heavy atom. The summed E-state index contributed by atoms with van der Waals surface area (Å²) in [5, 5.41) is 0. The lowest BCUT2D eigenvalue weighted by atomic mass is 9.78. The van der Waals surface area contributed by atoms with Crippen molar-refractivity contribution in [2.45, 2.75) is 38.7 Å². The van der Waals surface area contributed by atoms with Gasteiger partial charge < -0.3 is 10.5 Å². The van der Waals surface area contributed by atoms with E-state index in [4.69, 9.17) is 10.5 Å². The molecular formula is C9H16N2O. The Morgan fingerprint density at radius 2 is 2.17 bits per heavy atom. The summed E-state index contributed by atoms with van der Waals surface area (Å²) in [6, 6.07) is 0.380. The molecule has 1 saturated carbocycles. The maximum absolute atomic E-state index is 5.65. The summed E-state index contributed by atoms with van der Waals surface area (Å²) in [7, 11) is 0. The van der Waals surface area contributed by atoms with Gasteiger partial charge in [-0.05, 0) is 19.3 Å². The van der Waals surface area contributed by atoms with Gasteiger partial charge in [-0.1, -0.05) is 13.8 Å². The van der Waals surface area contributed by atoms with Crippen LogP contribution in [0.1, 0.15) is 33.1 Å². The van der Waals surface area contributed by atoms with Crippen molar-refractivity contribution in [2.75, 3.05) is 6.54 Å². The van der Waals surface area contributed by atoms with Crippen molar-refractivity contribution in [2.24, 2.45) is 16.1 Å². The van der Waals surface area contributed by atoms with Crippen molar-refractivity contribution in [3.05, 3.63) is 0 Å². The van der Waals surface area contributed by atoms with E-state index >= 15 is 0 Å².